The van der Waals surface area contributed by atoms with Crippen LogP contribution < -0.4 is 9.61 Å². The van der Waals surface area contributed by atoms with E-state index in [0.29, 0.717) is 6.61 Å². The zero-order valence-corrected chi connectivity index (χ0v) is 9.62. The highest BCUT2D eigenvalue weighted by Crippen LogP contribution is 2.23. The Labute approximate surface area is 96.0 Å². The van der Waals surface area contributed by atoms with Crippen molar-refractivity contribution in [3.63, 3.8) is 0 Å². The van der Waals surface area contributed by atoms with Gasteiger partial charge in [-0.15, -0.1) is 0 Å². The third-order valence-electron chi connectivity index (χ3n) is 2.60. The molecular weight excluding hydrogens is 226 g/mol. The first-order valence-corrected chi connectivity index (χ1v) is 5.90. The second kappa shape index (κ2) is 3.61. The van der Waals surface area contributed by atoms with E-state index < -0.39 is 0 Å². The van der Waals surface area contributed by atoms with E-state index in [9.17, 15) is 4.79 Å². The van der Waals surface area contributed by atoms with Gasteiger partial charge in [0.05, 0.1) is 16.8 Å². The minimum atomic E-state index is 0.0534. The van der Waals surface area contributed by atoms with Gasteiger partial charge in [-0.1, -0.05) is 11.3 Å². The molecule has 16 heavy (non-hydrogen) atoms. The molecule has 1 aliphatic heterocycles. The van der Waals surface area contributed by atoms with Crippen molar-refractivity contribution < 1.29 is 9.47 Å². The lowest BCUT2D eigenvalue weighted by Gasteiger charge is -2.03. The summed E-state index contributed by atoms with van der Waals surface area (Å²) in [6.07, 6.45) is 0.255. The number of rotatable bonds is 3. The molecule has 0 bridgehead atoms. The Morgan fingerprint density at radius 1 is 1.62 bits per heavy atom. The normalized spacial score (nSPS) is 18.9. The Morgan fingerprint density at radius 3 is 3.19 bits per heavy atom. The standard InChI is InChI=1S/C11H11NO3S/c1-12-9-3-2-7(14-5-8-6-15-8)4-10(9)16-11(12)13/h2-4,8H,5-6H2,1H3. The zero-order chi connectivity index (χ0) is 11.1. The molecule has 1 aromatic carbocycles. The second-order valence-corrected chi connectivity index (χ2v) is 4.82. The maximum atomic E-state index is 11.4. The summed E-state index contributed by atoms with van der Waals surface area (Å²) in [4.78, 5) is 11.5. The minimum Gasteiger partial charge on any atom is -0.491 e. The Hall–Kier alpha value is -1.33. The first kappa shape index (κ1) is 9.86. The average molecular weight is 237 g/mol. The summed E-state index contributed by atoms with van der Waals surface area (Å²) in [6.45, 7) is 1.38. The van der Waals surface area contributed by atoms with E-state index >= 15 is 0 Å². The highest BCUT2D eigenvalue weighted by molar-refractivity contribution is 7.16. The van der Waals surface area contributed by atoms with Crippen LogP contribution >= 0.6 is 11.3 Å². The van der Waals surface area contributed by atoms with Crippen LogP contribution in [0.2, 0.25) is 0 Å². The number of hydrogen-bond acceptors (Lipinski definition) is 4. The topological polar surface area (TPSA) is 43.8 Å². The second-order valence-electron chi connectivity index (χ2n) is 3.82. The summed E-state index contributed by atoms with van der Waals surface area (Å²) < 4.78 is 13.2. The molecule has 1 fully saturated rings. The Morgan fingerprint density at radius 2 is 2.44 bits per heavy atom. The smallest absolute Gasteiger partial charge is 0.307 e. The third kappa shape index (κ3) is 1.72. The maximum Gasteiger partial charge on any atom is 0.307 e. The average Bonchev–Trinajstić information content (AvgIpc) is 3.05. The van der Waals surface area contributed by atoms with E-state index in [1.165, 1.54) is 11.3 Å². The fraction of sp³-hybridized carbons (Fsp3) is 0.364. The molecule has 1 aliphatic rings. The number of nitrogens with zero attached hydrogens (tertiary/aromatic N) is 1. The van der Waals surface area contributed by atoms with Crippen LogP contribution in [0, 0.1) is 0 Å². The Kier molecular flexibility index (Phi) is 2.22. The molecule has 2 heterocycles. The lowest BCUT2D eigenvalue weighted by molar-refractivity contribution is 0.263. The van der Waals surface area contributed by atoms with Gasteiger partial charge < -0.3 is 14.0 Å². The number of fused-ring (bicyclic) bond motifs is 1. The van der Waals surface area contributed by atoms with Crippen LogP contribution in [0.1, 0.15) is 0 Å². The van der Waals surface area contributed by atoms with E-state index in [1.54, 1.807) is 11.6 Å². The van der Waals surface area contributed by atoms with Gasteiger partial charge in [0.2, 0.25) is 0 Å². The van der Waals surface area contributed by atoms with Crippen LogP contribution in [0.4, 0.5) is 0 Å². The van der Waals surface area contributed by atoms with Crippen molar-refractivity contribution in [2.45, 2.75) is 6.10 Å². The minimum absolute atomic E-state index is 0.0534. The number of thiazole rings is 1. The van der Waals surface area contributed by atoms with Crippen molar-refractivity contribution in [2.75, 3.05) is 13.2 Å². The van der Waals surface area contributed by atoms with Crippen molar-refractivity contribution in [2.24, 2.45) is 7.05 Å². The van der Waals surface area contributed by atoms with Crippen LogP contribution in [0.5, 0.6) is 5.75 Å². The lowest BCUT2D eigenvalue weighted by Crippen LogP contribution is -2.06. The molecule has 1 unspecified atom stereocenters. The van der Waals surface area contributed by atoms with Crippen molar-refractivity contribution in [3.05, 3.63) is 27.9 Å². The number of hydrogen-bond donors (Lipinski definition) is 0. The van der Waals surface area contributed by atoms with E-state index in [0.717, 1.165) is 22.6 Å². The van der Waals surface area contributed by atoms with Crippen LogP contribution in [0.15, 0.2) is 23.0 Å². The number of aromatic nitrogens is 1. The highest BCUT2D eigenvalue weighted by Gasteiger charge is 2.23. The van der Waals surface area contributed by atoms with Gasteiger partial charge in [0, 0.05) is 7.05 Å². The number of epoxide rings is 1. The Bertz CT molecular complexity index is 582. The molecule has 84 valence electrons. The van der Waals surface area contributed by atoms with Crippen LogP contribution in [-0.4, -0.2) is 23.9 Å². The van der Waals surface area contributed by atoms with Gasteiger partial charge in [-0.3, -0.25) is 4.79 Å². The van der Waals surface area contributed by atoms with Gasteiger partial charge in [0.1, 0.15) is 18.5 Å². The van der Waals surface area contributed by atoms with E-state index in [-0.39, 0.29) is 11.0 Å². The molecule has 1 atom stereocenters. The van der Waals surface area contributed by atoms with Crippen molar-refractivity contribution in [1.29, 1.82) is 0 Å². The maximum absolute atomic E-state index is 11.4. The molecule has 0 amide bonds. The quantitative estimate of drug-likeness (QED) is 0.757. The lowest BCUT2D eigenvalue weighted by atomic mass is 10.3. The van der Waals surface area contributed by atoms with Crippen molar-refractivity contribution in [1.82, 2.24) is 4.57 Å². The molecule has 1 saturated heterocycles. The van der Waals surface area contributed by atoms with E-state index in [2.05, 4.69) is 0 Å². The molecule has 3 rings (SSSR count). The molecule has 4 nitrogen and oxygen atoms in total. The molecule has 0 saturated carbocycles. The first-order valence-electron chi connectivity index (χ1n) is 5.08. The van der Waals surface area contributed by atoms with Gasteiger partial charge in [-0.25, -0.2) is 0 Å². The fourth-order valence-corrected chi connectivity index (χ4v) is 2.47. The van der Waals surface area contributed by atoms with Crippen LogP contribution in [0.25, 0.3) is 10.2 Å². The predicted molar refractivity (Wildman–Crippen MR) is 62.3 cm³/mol. The summed E-state index contributed by atoms with van der Waals surface area (Å²) in [6, 6.07) is 5.71. The van der Waals surface area contributed by atoms with Crippen LogP contribution in [0.3, 0.4) is 0 Å². The van der Waals surface area contributed by atoms with Crippen LogP contribution in [-0.2, 0) is 11.8 Å². The summed E-state index contributed by atoms with van der Waals surface area (Å²) in [5.41, 5.74) is 0.949. The SMILES string of the molecule is Cn1c(=O)sc2cc(OCC3CO3)ccc21. The zero-order valence-electron chi connectivity index (χ0n) is 8.80. The summed E-state index contributed by atoms with van der Waals surface area (Å²) in [5.74, 6) is 0.796. The molecule has 0 aliphatic carbocycles. The molecule has 2 aromatic rings. The van der Waals surface area contributed by atoms with Gasteiger partial charge in [-0.2, -0.15) is 0 Å². The van der Waals surface area contributed by atoms with Gasteiger partial charge >= 0.3 is 4.87 Å². The largest absolute Gasteiger partial charge is 0.491 e. The molecule has 0 radical (unpaired) electrons. The monoisotopic (exact) mass is 237 g/mol. The van der Waals surface area contributed by atoms with Crippen molar-refractivity contribution >= 4 is 21.6 Å². The summed E-state index contributed by atoms with van der Waals surface area (Å²) in [5, 5.41) is 0. The van der Waals surface area contributed by atoms with Crippen molar-refractivity contribution in [3.8, 4) is 5.75 Å². The van der Waals surface area contributed by atoms with Gasteiger partial charge in [0.15, 0.2) is 0 Å². The van der Waals surface area contributed by atoms with Gasteiger partial charge in [-0.05, 0) is 18.2 Å². The molecular formula is C11H11NO3S. The number of benzene rings is 1. The fourth-order valence-electron chi connectivity index (χ4n) is 1.56. The third-order valence-corrected chi connectivity index (χ3v) is 3.60. The molecule has 0 spiro atoms. The molecule has 0 N–H and O–H groups in total. The highest BCUT2D eigenvalue weighted by atomic mass is 32.1. The molecule has 5 heteroatoms. The summed E-state index contributed by atoms with van der Waals surface area (Å²) in [7, 11) is 1.78. The number of ether oxygens (including phenoxy) is 2. The van der Waals surface area contributed by atoms with E-state index in [4.69, 9.17) is 9.47 Å². The number of aryl methyl sites for hydroxylation is 1. The Balaban J connectivity index is 1.92. The molecule has 1 aromatic heterocycles. The van der Waals surface area contributed by atoms with Gasteiger partial charge in [0.25, 0.3) is 0 Å². The summed E-state index contributed by atoms with van der Waals surface area (Å²) >= 11 is 1.24. The van der Waals surface area contributed by atoms with E-state index in [1.807, 2.05) is 18.2 Å². The first-order chi connectivity index (χ1) is 7.74. The predicted octanol–water partition coefficient (Wildman–Crippen LogP) is 1.38.